The minimum Gasteiger partial charge on any atom is -0.452 e. The Morgan fingerprint density at radius 1 is 1.00 bits per heavy atom. The Labute approximate surface area is 178 Å². The van der Waals surface area contributed by atoms with Crippen molar-refractivity contribution in [3.05, 3.63) is 64.7 Å². The number of ether oxygens (including phenoxy) is 1. The molecule has 0 aromatic heterocycles. The van der Waals surface area contributed by atoms with E-state index in [1.807, 2.05) is 12.2 Å². The number of benzene rings is 2. The van der Waals surface area contributed by atoms with E-state index >= 15 is 0 Å². The molecule has 2 aromatic carbocycles. The summed E-state index contributed by atoms with van der Waals surface area (Å²) in [6, 6.07) is 10.3. The number of rotatable bonds is 6. The number of para-hydroxylation sites is 1. The van der Waals surface area contributed by atoms with Crippen molar-refractivity contribution in [2.75, 3.05) is 18.1 Å². The molecule has 0 radical (unpaired) electrons. The molecular weight excluding hydrogens is 402 g/mol. The minimum atomic E-state index is -0.860. The average molecular weight is 423 g/mol. The van der Waals surface area contributed by atoms with Gasteiger partial charge in [0.05, 0.1) is 22.4 Å². The van der Waals surface area contributed by atoms with Gasteiger partial charge >= 0.3 is 12.0 Å². The molecule has 2 aromatic rings. The van der Waals surface area contributed by atoms with Crippen LogP contribution in [0.3, 0.4) is 0 Å². The first-order valence-corrected chi connectivity index (χ1v) is 9.66. The molecule has 160 valence electrons. The van der Waals surface area contributed by atoms with Crippen LogP contribution in [0.5, 0.6) is 0 Å². The van der Waals surface area contributed by atoms with Gasteiger partial charge in [-0.05, 0) is 43.2 Å². The number of hydrogen-bond acceptors (Lipinski definition) is 6. The fourth-order valence-electron chi connectivity index (χ4n) is 3.06. The number of urea groups is 1. The van der Waals surface area contributed by atoms with Gasteiger partial charge < -0.3 is 10.1 Å². The topological polar surface area (TPSA) is 122 Å². The lowest BCUT2D eigenvalue weighted by atomic mass is 10.1. The highest BCUT2D eigenvalue weighted by Gasteiger charge is 2.37. The predicted molar refractivity (Wildman–Crippen MR) is 111 cm³/mol. The number of anilines is 1. The Hall–Kier alpha value is -4.01. The lowest BCUT2D eigenvalue weighted by molar-refractivity contribution is -0.123. The minimum absolute atomic E-state index is 0.00904. The van der Waals surface area contributed by atoms with E-state index in [-0.39, 0.29) is 16.7 Å². The summed E-state index contributed by atoms with van der Waals surface area (Å²) in [5.41, 5.74) is 1.48. The number of aryl methyl sites for hydroxylation is 1. The molecule has 0 bridgehead atoms. The Morgan fingerprint density at radius 2 is 1.71 bits per heavy atom. The van der Waals surface area contributed by atoms with Crippen LogP contribution in [-0.2, 0) is 9.53 Å². The second kappa shape index (κ2) is 9.21. The molecule has 0 atom stereocenters. The van der Waals surface area contributed by atoms with E-state index in [2.05, 4.69) is 5.32 Å². The predicted octanol–water partition coefficient (Wildman–Crippen LogP) is 2.19. The molecule has 0 saturated carbocycles. The Bertz CT molecular complexity index is 1080. The molecule has 2 N–H and O–H groups in total. The monoisotopic (exact) mass is 423 g/mol. The number of amides is 5. The lowest BCUT2D eigenvalue weighted by Crippen LogP contribution is -2.41. The van der Waals surface area contributed by atoms with Crippen LogP contribution in [0.15, 0.2) is 42.5 Å². The fourth-order valence-corrected chi connectivity index (χ4v) is 3.06. The number of esters is 1. The summed E-state index contributed by atoms with van der Waals surface area (Å²) in [5.74, 6) is -2.68. The van der Waals surface area contributed by atoms with Crippen LogP contribution in [0.2, 0.25) is 0 Å². The summed E-state index contributed by atoms with van der Waals surface area (Å²) < 4.78 is 4.91. The first kappa shape index (κ1) is 21.7. The van der Waals surface area contributed by atoms with Gasteiger partial charge in [0.1, 0.15) is 0 Å². The Morgan fingerprint density at radius 3 is 2.42 bits per heavy atom. The van der Waals surface area contributed by atoms with Gasteiger partial charge in [-0.2, -0.15) is 0 Å². The van der Waals surface area contributed by atoms with Gasteiger partial charge in [-0.15, -0.1) is 0 Å². The summed E-state index contributed by atoms with van der Waals surface area (Å²) in [7, 11) is 0. The van der Waals surface area contributed by atoms with Crippen LogP contribution >= 0.6 is 0 Å². The van der Waals surface area contributed by atoms with Gasteiger partial charge in [-0.25, -0.2) is 14.5 Å². The number of nitrogens with one attached hydrogen (secondary N) is 2. The molecule has 9 nitrogen and oxygen atoms in total. The number of nitrogens with zero attached hydrogens (tertiary/aromatic N) is 1. The smallest absolute Gasteiger partial charge is 0.338 e. The molecule has 0 fully saturated rings. The van der Waals surface area contributed by atoms with Crippen LogP contribution in [0.1, 0.15) is 50.0 Å². The molecule has 1 aliphatic rings. The van der Waals surface area contributed by atoms with Crippen LogP contribution < -0.4 is 15.5 Å². The zero-order valence-corrected chi connectivity index (χ0v) is 17.1. The first-order valence-electron chi connectivity index (χ1n) is 9.66. The van der Waals surface area contributed by atoms with Crippen molar-refractivity contribution in [2.45, 2.75) is 20.3 Å². The summed E-state index contributed by atoms with van der Waals surface area (Å²) in [5, 5.41) is 4.49. The van der Waals surface area contributed by atoms with Crippen LogP contribution in [0.4, 0.5) is 10.5 Å². The van der Waals surface area contributed by atoms with Crippen molar-refractivity contribution < 1.29 is 28.7 Å². The first-order chi connectivity index (χ1) is 14.8. The molecule has 0 unspecified atom stereocenters. The maximum Gasteiger partial charge on any atom is 0.338 e. The molecule has 5 amide bonds. The molecule has 0 saturated heterocycles. The maximum atomic E-state index is 12.9. The normalized spacial score (nSPS) is 12.4. The Balaban J connectivity index is 1.69. The van der Waals surface area contributed by atoms with Gasteiger partial charge in [0.25, 0.3) is 17.7 Å². The van der Waals surface area contributed by atoms with E-state index in [4.69, 9.17) is 4.74 Å². The third kappa shape index (κ3) is 4.61. The van der Waals surface area contributed by atoms with E-state index in [0.717, 1.165) is 10.5 Å². The number of carbonyl (C=O) groups is 5. The quantitative estimate of drug-likeness (QED) is 0.543. The largest absolute Gasteiger partial charge is 0.452 e. The van der Waals surface area contributed by atoms with Crippen molar-refractivity contribution in [3.8, 4) is 0 Å². The summed E-state index contributed by atoms with van der Waals surface area (Å²) in [6.45, 7) is 3.38. The molecule has 3 rings (SSSR count). The van der Waals surface area contributed by atoms with Gasteiger partial charge in [-0.3, -0.25) is 19.7 Å². The standard InChI is InChI=1S/C22H21N3O6/c1-3-10-23-22(30)24-18(26)12-31-21(29)14-8-9-15-16(11-14)20(28)25(19(15)27)17-7-5-4-6-13(17)2/h4-9,11H,3,10,12H2,1-2H3,(H2,23,24,26,30). The van der Waals surface area contributed by atoms with E-state index in [1.165, 1.54) is 18.2 Å². The summed E-state index contributed by atoms with van der Waals surface area (Å²) in [4.78, 5) is 62.1. The molecule has 1 aliphatic heterocycles. The van der Waals surface area contributed by atoms with Gasteiger partial charge in [-0.1, -0.05) is 25.1 Å². The van der Waals surface area contributed by atoms with Crippen molar-refractivity contribution in [1.82, 2.24) is 10.6 Å². The van der Waals surface area contributed by atoms with Crippen LogP contribution in [0.25, 0.3) is 0 Å². The zero-order chi connectivity index (χ0) is 22.5. The third-order valence-corrected chi connectivity index (χ3v) is 4.60. The van der Waals surface area contributed by atoms with Gasteiger partial charge in [0.2, 0.25) is 0 Å². The van der Waals surface area contributed by atoms with Crippen LogP contribution in [0, 0.1) is 6.92 Å². The lowest BCUT2D eigenvalue weighted by Gasteiger charge is -2.16. The average Bonchev–Trinajstić information content (AvgIpc) is 3.00. The van der Waals surface area contributed by atoms with E-state index in [1.54, 1.807) is 31.2 Å². The van der Waals surface area contributed by atoms with E-state index in [0.29, 0.717) is 18.7 Å². The Kier molecular flexibility index (Phi) is 6.44. The van der Waals surface area contributed by atoms with Crippen molar-refractivity contribution in [1.29, 1.82) is 0 Å². The second-order valence-corrected chi connectivity index (χ2v) is 6.87. The van der Waals surface area contributed by atoms with E-state index in [9.17, 15) is 24.0 Å². The highest BCUT2D eigenvalue weighted by atomic mass is 16.5. The summed E-state index contributed by atoms with van der Waals surface area (Å²) >= 11 is 0. The molecule has 31 heavy (non-hydrogen) atoms. The molecule has 0 spiro atoms. The van der Waals surface area contributed by atoms with Crippen LogP contribution in [-0.4, -0.2) is 42.9 Å². The van der Waals surface area contributed by atoms with Crippen molar-refractivity contribution in [2.24, 2.45) is 0 Å². The zero-order valence-electron chi connectivity index (χ0n) is 17.1. The third-order valence-electron chi connectivity index (χ3n) is 4.60. The maximum absolute atomic E-state index is 12.9. The van der Waals surface area contributed by atoms with E-state index < -0.39 is 36.3 Å². The fraction of sp³-hybridized carbons (Fsp3) is 0.227. The molecule has 9 heteroatoms. The second-order valence-electron chi connectivity index (χ2n) is 6.87. The highest BCUT2D eigenvalue weighted by Crippen LogP contribution is 2.31. The SMILES string of the molecule is CCCNC(=O)NC(=O)COC(=O)c1ccc2c(c1)C(=O)N(c1ccccc1C)C2=O. The molecule has 1 heterocycles. The van der Waals surface area contributed by atoms with Crippen molar-refractivity contribution >= 4 is 35.4 Å². The summed E-state index contributed by atoms with van der Waals surface area (Å²) in [6.07, 6.45) is 0.706. The van der Waals surface area contributed by atoms with Crippen molar-refractivity contribution in [3.63, 3.8) is 0 Å². The number of carbonyl (C=O) groups excluding carboxylic acids is 5. The van der Waals surface area contributed by atoms with Gasteiger partial charge in [0, 0.05) is 6.54 Å². The number of fused-ring (bicyclic) bond motifs is 1. The van der Waals surface area contributed by atoms with Gasteiger partial charge in [0.15, 0.2) is 6.61 Å². The molecule has 0 aliphatic carbocycles. The number of hydrogen-bond donors (Lipinski definition) is 2. The molecular formula is C22H21N3O6. The highest BCUT2D eigenvalue weighted by molar-refractivity contribution is 6.34. The number of imide groups is 2.